The summed E-state index contributed by atoms with van der Waals surface area (Å²) >= 11 is 1.86. The molecule has 0 spiro atoms. The third-order valence-corrected chi connectivity index (χ3v) is 9.65. The van der Waals surface area contributed by atoms with Gasteiger partial charge in [0.2, 0.25) is 0 Å². The highest BCUT2D eigenvalue weighted by Crippen LogP contribution is 2.40. The summed E-state index contributed by atoms with van der Waals surface area (Å²) in [6.45, 7) is 4.56. The molecule has 8 aromatic rings. The number of rotatable bonds is 5. The largest absolute Gasteiger partial charge is 0.135 e. The van der Waals surface area contributed by atoms with Gasteiger partial charge < -0.3 is 0 Å². The first-order chi connectivity index (χ1) is 21.2. The minimum atomic E-state index is 1.04. The van der Waals surface area contributed by atoms with Gasteiger partial charge >= 0.3 is 0 Å². The molecule has 0 saturated heterocycles. The molecule has 0 aliphatic heterocycles. The number of fused-ring (bicyclic) bond motifs is 4. The van der Waals surface area contributed by atoms with E-state index in [-0.39, 0.29) is 0 Å². The van der Waals surface area contributed by atoms with E-state index in [1.165, 1.54) is 69.9 Å². The predicted molar refractivity (Wildman–Crippen MR) is 188 cm³/mol. The summed E-state index contributed by atoms with van der Waals surface area (Å²) in [6.07, 6.45) is 0. The third kappa shape index (κ3) is 4.55. The van der Waals surface area contributed by atoms with Gasteiger partial charge in [0.1, 0.15) is 0 Å². The zero-order valence-electron chi connectivity index (χ0n) is 23.6. The second-order valence-electron chi connectivity index (χ2n) is 11.0. The number of benzene rings is 7. The highest BCUT2D eigenvalue weighted by molar-refractivity contribution is 7.25. The van der Waals surface area contributed by atoms with Crippen molar-refractivity contribution in [2.75, 3.05) is 0 Å². The number of hydrogen-bond acceptors (Lipinski definition) is 1. The maximum Gasteiger partial charge on any atom is 0.0355 e. The normalized spacial score (nSPS) is 11.3. The molecule has 0 aliphatic rings. The van der Waals surface area contributed by atoms with Crippen LogP contribution in [0.3, 0.4) is 0 Å². The van der Waals surface area contributed by atoms with Crippen molar-refractivity contribution in [1.29, 1.82) is 0 Å². The smallest absolute Gasteiger partial charge is 0.0355 e. The first-order valence-electron chi connectivity index (χ1n) is 14.6. The molecule has 7 aromatic carbocycles. The number of hydrogen-bond donors (Lipinski definition) is 0. The molecule has 0 nitrogen and oxygen atoms in total. The third-order valence-electron chi connectivity index (χ3n) is 8.50. The number of thiophene rings is 1. The van der Waals surface area contributed by atoms with Crippen LogP contribution in [0.15, 0.2) is 164 Å². The van der Waals surface area contributed by atoms with Crippen molar-refractivity contribution in [3.63, 3.8) is 0 Å². The minimum absolute atomic E-state index is 1.04. The van der Waals surface area contributed by atoms with Gasteiger partial charge in [0.15, 0.2) is 0 Å². The average molecular weight is 565 g/mol. The van der Waals surface area contributed by atoms with Crippen molar-refractivity contribution < 1.29 is 0 Å². The molecule has 0 saturated carbocycles. The molecule has 0 radical (unpaired) electrons. The van der Waals surface area contributed by atoms with E-state index in [9.17, 15) is 0 Å². The summed E-state index contributed by atoms with van der Waals surface area (Å²) < 4.78 is 2.66. The highest BCUT2D eigenvalue weighted by atomic mass is 32.1. The molecule has 43 heavy (non-hydrogen) atoms. The molecule has 8 rings (SSSR count). The predicted octanol–water partition coefficient (Wildman–Crippen LogP) is 12.3. The van der Waals surface area contributed by atoms with Crippen molar-refractivity contribution >= 4 is 47.9 Å². The molecule has 0 atom stereocenters. The molecule has 1 heteroatoms. The van der Waals surface area contributed by atoms with Crippen LogP contribution in [0.2, 0.25) is 0 Å². The highest BCUT2D eigenvalue weighted by Gasteiger charge is 2.13. The molecule has 0 N–H and O–H groups in total. The van der Waals surface area contributed by atoms with Gasteiger partial charge in [0.25, 0.3) is 0 Å². The quantitative estimate of drug-likeness (QED) is 0.195. The maximum absolute atomic E-state index is 4.56. The van der Waals surface area contributed by atoms with E-state index in [2.05, 4.69) is 164 Å². The van der Waals surface area contributed by atoms with Gasteiger partial charge in [0, 0.05) is 20.2 Å². The SMILES string of the molecule is C=C(c1ccc(-c2ccc(-c3ccccc3)cc2)cc1)c1ccc(-c2ccc3sc4ccccc4c3c2)c2ccccc12. The van der Waals surface area contributed by atoms with E-state index < -0.39 is 0 Å². The molecular weight excluding hydrogens is 537 g/mol. The summed E-state index contributed by atoms with van der Waals surface area (Å²) in [5, 5.41) is 5.12. The Balaban J connectivity index is 1.12. The van der Waals surface area contributed by atoms with E-state index >= 15 is 0 Å². The van der Waals surface area contributed by atoms with Gasteiger partial charge in [0.05, 0.1) is 0 Å². The van der Waals surface area contributed by atoms with E-state index in [1.54, 1.807) is 0 Å². The molecular formula is C42H28S. The first-order valence-corrected chi connectivity index (χ1v) is 15.4. The fourth-order valence-electron chi connectivity index (χ4n) is 6.21. The standard InChI is InChI=1S/C42H28S/c1-28(29-15-17-32(18-16-29)33-21-19-31(20-22-33)30-9-3-2-4-10-30)35-24-25-36(38-12-6-5-11-37(35)38)34-23-26-42-40(27-34)39-13-7-8-14-41(39)43-42/h2-27H,1H2. The lowest BCUT2D eigenvalue weighted by molar-refractivity contribution is 1.55. The topological polar surface area (TPSA) is 0 Å². The zero-order valence-corrected chi connectivity index (χ0v) is 24.4. The summed E-state index contributed by atoms with van der Waals surface area (Å²) in [4.78, 5) is 0. The average Bonchev–Trinajstić information content (AvgIpc) is 3.46. The van der Waals surface area contributed by atoms with E-state index in [0.29, 0.717) is 0 Å². The van der Waals surface area contributed by atoms with Gasteiger partial charge in [-0.15, -0.1) is 11.3 Å². The van der Waals surface area contributed by atoms with E-state index in [0.717, 1.165) is 11.1 Å². The molecule has 0 bridgehead atoms. The molecule has 0 amide bonds. The van der Waals surface area contributed by atoms with Gasteiger partial charge in [-0.2, -0.15) is 0 Å². The Morgan fingerprint density at radius 3 is 1.65 bits per heavy atom. The molecule has 0 fully saturated rings. The Labute approximate surface area is 255 Å². The molecule has 0 unspecified atom stereocenters. The molecule has 202 valence electrons. The summed E-state index contributed by atoms with van der Waals surface area (Å²) in [5.74, 6) is 0. The molecule has 0 aliphatic carbocycles. The van der Waals surface area contributed by atoms with Gasteiger partial charge in [-0.3, -0.25) is 0 Å². The van der Waals surface area contributed by atoms with Gasteiger partial charge in [-0.05, 0) is 79.1 Å². The van der Waals surface area contributed by atoms with Crippen LogP contribution < -0.4 is 0 Å². The second-order valence-corrected chi connectivity index (χ2v) is 12.1. The Hall–Kier alpha value is -5.24. The second kappa shape index (κ2) is 10.5. The van der Waals surface area contributed by atoms with Crippen LogP contribution in [0, 0.1) is 0 Å². The fraction of sp³-hybridized carbons (Fsp3) is 0. The van der Waals surface area contributed by atoms with E-state index in [4.69, 9.17) is 0 Å². The van der Waals surface area contributed by atoms with Crippen molar-refractivity contribution in [3.8, 4) is 33.4 Å². The van der Waals surface area contributed by atoms with Crippen molar-refractivity contribution in [3.05, 3.63) is 175 Å². The lowest BCUT2D eigenvalue weighted by Crippen LogP contribution is -1.91. The Morgan fingerprint density at radius 2 is 0.930 bits per heavy atom. The molecule has 1 aromatic heterocycles. The van der Waals surface area contributed by atoms with Crippen LogP contribution in [-0.2, 0) is 0 Å². The zero-order chi connectivity index (χ0) is 28.8. The first kappa shape index (κ1) is 25.5. The lowest BCUT2D eigenvalue weighted by atomic mass is 9.89. The van der Waals surface area contributed by atoms with Crippen LogP contribution in [0.4, 0.5) is 0 Å². The fourth-order valence-corrected chi connectivity index (χ4v) is 7.30. The monoisotopic (exact) mass is 564 g/mol. The van der Waals surface area contributed by atoms with E-state index in [1.807, 2.05) is 11.3 Å². The van der Waals surface area contributed by atoms with Crippen molar-refractivity contribution in [1.82, 2.24) is 0 Å². The van der Waals surface area contributed by atoms with Crippen molar-refractivity contribution in [2.45, 2.75) is 0 Å². The Bertz CT molecular complexity index is 2270. The van der Waals surface area contributed by atoms with Crippen LogP contribution >= 0.6 is 11.3 Å². The van der Waals surface area contributed by atoms with Crippen LogP contribution in [0.5, 0.6) is 0 Å². The van der Waals surface area contributed by atoms with Crippen LogP contribution in [0.25, 0.3) is 69.9 Å². The van der Waals surface area contributed by atoms with Crippen LogP contribution in [-0.4, -0.2) is 0 Å². The van der Waals surface area contributed by atoms with Crippen molar-refractivity contribution in [2.24, 2.45) is 0 Å². The Morgan fingerprint density at radius 1 is 0.395 bits per heavy atom. The minimum Gasteiger partial charge on any atom is -0.135 e. The summed E-state index contributed by atoms with van der Waals surface area (Å²) in [6, 6.07) is 56.9. The summed E-state index contributed by atoms with van der Waals surface area (Å²) in [5.41, 5.74) is 10.7. The lowest BCUT2D eigenvalue weighted by Gasteiger charge is -2.15. The maximum atomic E-state index is 4.56. The van der Waals surface area contributed by atoms with Crippen LogP contribution in [0.1, 0.15) is 11.1 Å². The van der Waals surface area contributed by atoms with Gasteiger partial charge in [-0.1, -0.05) is 146 Å². The van der Waals surface area contributed by atoms with Gasteiger partial charge in [-0.25, -0.2) is 0 Å². The molecule has 1 heterocycles. The Kier molecular flexibility index (Phi) is 6.25. The summed E-state index contributed by atoms with van der Waals surface area (Å²) in [7, 11) is 0.